The summed E-state index contributed by atoms with van der Waals surface area (Å²) in [4.78, 5) is 16.9. The van der Waals surface area contributed by atoms with Gasteiger partial charge < -0.3 is 15.1 Å². The molecule has 2 aliphatic rings. The molecule has 6 heteroatoms. The smallest absolute Gasteiger partial charge is 0.317 e. The molecule has 1 N–H and O–H groups in total. The Morgan fingerprint density at radius 3 is 2.77 bits per heavy atom. The van der Waals surface area contributed by atoms with Gasteiger partial charge in [0.05, 0.1) is 11.1 Å². The fraction of sp³-hybridized carbons (Fsp3) is 0.458. The molecule has 2 aliphatic heterocycles. The van der Waals surface area contributed by atoms with Crippen molar-refractivity contribution in [2.45, 2.75) is 38.3 Å². The monoisotopic (exact) mass is 443 g/mol. The van der Waals surface area contributed by atoms with E-state index in [0.29, 0.717) is 5.02 Å². The van der Waals surface area contributed by atoms with E-state index < -0.39 is 0 Å². The summed E-state index contributed by atoms with van der Waals surface area (Å²) in [5, 5.41) is 5.82. The summed E-state index contributed by atoms with van der Waals surface area (Å²) < 4.78 is 0. The van der Waals surface area contributed by atoms with Crippen LogP contribution in [0.3, 0.4) is 0 Å². The summed E-state index contributed by atoms with van der Waals surface area (Å²) in [5.41, 5.74) is 3.71. The molecule has 3 rings (SSSR count). The molecular formula is C24H30ClN3OS. The van der Waals surface area contributed by atoms with E-state index >= 15 is 0 Å². The Kier molecular flexibility index (Phi) is 7.93. The molecule has 160 valence electrons. The molecule has 0 saturated carbocycles. The van der Waals surface area contributed by atoms with E-state index in [2.05, 4.69) is 41.1 Å². The molecule has 2 amide bonds. The molecule has 0 radical (unpaired) electrons. The molecule has 1 aromatic carbocycles. The highest BCUT2D eigenvalue weighted by molar-refractivity contribution is 8.02. The number of thioether (sulfide) groups is 1. The van der Waals surface area contributed by atoms with E-state index in [4.69, 9.17) is 11.6 Å². The van der Waals surface area contributed by atoms with Gasteiger partial charge in [0.1, 0.15) is 0 Å². The van der Waals surface area contributed by atoms with Crippen LogP contribution in [0.1, 0.15) is 48.9 Å². The number of piperidine rings is 1. The van der Waals surface area contributed by atoms with Crippen molar-refractivity contribution in [2.75, 3.05) is 32.9 Å². The van der Waals surface area contributed by atoms with Gasteiger partial charge in [-0.1, -0.05) is 42.2 Å². The highest BCUT2D eigenvalue weighted by atomic mass is 35.5. The molecule has 2 heterocycles. The number of carbonyl (C=O) groups excluding carboxylic acids is 1. The summed E-state index contributed by atoms with van der Waals surface area (Å²) in [6.07, 6.45) is 4.75. The lowest BCUT2D eigenvalue weighted by atomic mass is 9.99. The largest absolute Gasteiger partial charge is 0.331 e. The number of nitrogens with zero attached hydrogens (tertiary/aromatic N) is 2. The van der Waals surface area contributed by atoms with Crippen molar-refractivity contribution >= 4 is 35.5 Å². The maximum absolute atomic E-state index is 12.8. The van der Waals surface area contributed by atoms with E-state index in [1.807, 2.05) is 31.0 Å². The van der Waals surface area contributed by atoms with Gasteiger partial charge in [-0.25, -0.2) is 4.79 Å². The van der Waals surface area contributed by atoms with E-state index in [1.165, 1.54) is 0 Å². The first-order valence-electron chi connectivity index (χ1n) is 10.4. The normalized spacial score (nSPS) is 18.2. The second-order valence-corrected chi connectivity index (χ2v) is 9.32. The third-order valence-electron chi connectivity index (χ3n) is 5.85. The first-order valence-corrected chi connectivity index (χ1v) is 11.8. The fourth-order valence-corrected chi connectivity index (χ4v) is 5.03. The number of halogens is 1. The quantitative estimate of drug-likeness (QED) is 0.653. The minimum Gasteiger partial charge on any atom is -0.331 e. The van der Waals surface area contributed by atoms with Crippen molar-refractivity contribution in [3.05, 3.63) is 51.4 Å². The lowest BCUT2D eigenvalue weighted by Gasteiger charge is -2.35. The summed E-state index contributed by atoms with van der Waals surface area (Å²) in [6.45, 7) is 7.91. The number of rotatable bonds is 4. The van der Waals surface area contributed by atoms with Crippen LogP contribution in [-0.4, -0.2) is 54.8 Å². The summed E-state index contributed by atoms with van der Waals surface area (Å²) >= 11 is 8.50. The predicted molar refractivity (Wildman–Crippen MR) is 129 cm³/mol. The van der Waals surface area contributed by atoms with Crippen LogP contribution in [0.15, 0.2) is 29.7 Å². The number of nitrogens with one attached hydrogen (secondary N) is 1. The van der Waals surface area contributed by atoms with Crippen molar-refractivity contribution < 1.29 is 4.79 Å². The summed E-state index contributed by atoms with van der Waals surface area (Å²) in [6, 6.07) is 3.92. The van der Waals surface area contributed by atoms with Crippen molar-refractivity contribution in [1.82, 2.24) is 15.1 Å². The first kappa shape index (κ1) is 22.8. The Hall–Kier alpha value is -1.87. The second-order valence-electron chi connectivity index (χ2n) is 7.96. The van der Waals surface area contributed by atoms with Gasteiger partial charge in [-0.05, 0) is 63.4 Å². The van der Waals surface area contributed by atoms with Crippen LogP contribution < -0.4 is 5.32 Å². The average Bonchev–Trinajstić information content (AvgIpc) is 3.25. The predicted octanol–water partition coefficient (Wildman–Crippen LogP) is 5.15. The standard InChI is InChI=1S/C24H30ClN3OS/c1-5-21-19(7-6-18-12-15-30-16-18)8-9-22(23(21)25)17(2)26-24(29)28(4)20-10-13-27(3)14-11-20/h5,8-9,16-17,20H,1,10-15H2,2-4H3,(H,26,29). The summed E-state index contributed by atoms with van der Waals surface area (Å²) in [7, 11) is 4.00. The Labute approximate surface area is 189 Å². The lowest BCUT2D eigenvalue weighted by Crippen LogP contribution is -2.48. The highest BCUT2D eigenvalue weighted by Crippen LogP contribution is 2.30. The van der Waals surface area contributed by atoms with Gasteiger partial charge in [0.2, 0.25) is 0 Å². The SMILES string of the molecule is C=Cc1c(C#CC2=CSCC2)ccc(C(C)NC(=O)N(C)C2CCN(C)CC2)c1Cl. The number of amides is 2. The lowest BCUT2D eigenvalue weighted by molar-refractivity contribution is 0.146. The Morgan fingerprint density at radius 1 is 1.40 bits per heavy atom. The molecule has 1 fully saturated rings. The van der Waals surface area contributed by atoms with Crippen molar-refractivity contribution in [2.24, 2.45) is 0 Å². The molecule has 1 aromatic rings. The molecule has 1 unspecified atom stereocenters. The molecule has 0 spiro atoms. The van der Waals surface area contributed by atoms with Gasteiger partial charge in [-0.2, -0.15) is 0 Å². The third kappa shape index (κ3) is 5.43. The second kappa shape index (κ2) is 10.4. The fourth-order valence-electron chi connectivity index (χ4n) is 3.79. The van der Waals surface area contributed by atoms with E-state index in [1.54, 1.807) is 17.8 Å². The minimum atomic E-state index is -0.214. The Balaban J connectivity index is 1.71. The number of hydrogen-bond donors (Lipinski definition) is 1. The van der Waals surface area contributed by atoms with Crippen LogP contribution in [0.2, 0.25) is 5.02 Å². The molecule has 0 bridgehead atoms. The molecule has 1 saturated heterocycles. The van der Waals surface area contributed by atoms with Gasteiger partial charge >= 0.3 is 6.03 Å². The topological polar surface area (TPSA) is 35.6 Å². The van der Waals surface area contributed by atoms with Crippen molar-refractivity contribution in [3.63, 3.8) is 0 Å². The first-order chi connectivity index (χ1) is 14.4. The number of hydrogen-bond acceptors (Lipinski definition) is 3. The molecule has 4 nitrogen and oxygen atoms in total. The number of carbonyl (C=O) groups is 1. The number of benzene rings is 1. The van der Waals surface area contributed by atoms with Gasteiger partial charge in [0.25, 0.3) is 0 Å². The molecule has 0 aliphatic carbocycles. The van der Waals surface area contributed by atoms with Crippen LogP contribution in [0, 0.1) is 11.8 Å². The highest BCUT2D eigenvalue weighted by Gasteiger charge is 2.25. The van der Waals surface area contributed by atoms with Crippen LogP contribution >= 0.6 is 23.4 Å². The number of allylic oxidation sites excluding steroid dienone is 1. The van der Waals surface area contributed by atoms with Gasteiger partial charge in [-0.3, -0.25) is 0 Å². The summed E-state index contributed by atoms with van der Waals surface area (Å²) in [5.74, 6) is 7.57. The molecule has 30 heavy (non-hydrogen) atoms. The maximum atomic E-state index is 12.8. The zero-order valence-electron chi connectivity index (χ0n) is 18.0. The van der Waals surface area contributed by atoms with Crippen molar-refractivity contribution in [1.29, 1.82) is 0 Å². The van der Waals surface area contributed by atoms with E-state index in [-0.39, 0.29) is 18.1 Å². The average molecular weight is 444 g/mol. The number of likely N-dealkylation sites (tertiary alicyclic amines) is 1. The molecule has 1 atom stereocenters. The molecular weight excluding hydrogens is 414 g/mol. The van der Waals surface area contributed by atoms with E-state index in [9.17, 15) is 4.79 Å². The maximum Gasteiger partial charge on any atom is 0.317 e. The number of urea groups is 1. The zero-order valence-corrected chi connectivity index (χ0v) is 19.6. The molecule has 0 aromatic heterocycles. The van der Waals surface area contributed by atoms with Crippen LogP contribution in [0.4, 0.5) is 4.79 Å². The van der Waals surface area contributed by atoms with Crippen LogP contribution in [-0.2, 0) is 0 Å². The zero-order chi connectivity index (χ0) is 21.7. The van der Waals surface area contributed by atoms with Crippen LogP contribution in [0.5, 0.6) is 0 Å². The van der Waals surface area contributed by atoms with Gasteiger partial charge in [0.15, 0.2) is 0 Å². The Morgan fingerprint density at radius 2 is 2.13 bits per heavy atom. The minimum absolute atomic E-state index is 0.0668. The van der Waals surface area contributed by atoms with Gasteiger partial charge in [0, 0.05) is 35.5 Å². The van der Waals surface area contributed by atoms with Crippen molar-refractivity contribution in [3.8, 4) is 11.8 Å². The van der Waals surface area contributed by atoms with E-state index in [0.717, 1.165) is 60.4 Å². The Bertz CT molecular complexity index is 894. The third-order valence-corrected chi connectivity index (χ3v) is 7.16. The van der Waals surface area contributed by atoms with Crippen LogP contribution in [0.25, 0.3) is 6.08 Å². The van der Waals surface area contributed by atoms with Gasteiger partial charge in [-0.15, -0.1) is 11.8 Å².